The second-order valence-corrected chi connectivity index (χ2v) is 5.34. The lowest BCUT2D eigenvalue weighted by atomic mass is 9.94. The number of nitrogens with one attached hydrogen (secondary N) is 1. The molecule has 0 radical (unpaired) electrons. The van der Waals surface area contributed by atoms with Crippen LogP contribution in [-0.4, -0.2) is 9.82 Å². The van der Waals surface area contributed by atoms with Gasteiger partial charge in [-0.2, -0.15) is 0 Å². The van der Waals surface area contributed by atoms with Crippen LogP contribution in [0.1, 0.15) is 12.5 Å². The van der Waals surface area contributed by atoms with Gasteiger partial charge in [0.05, 0.1) is 0 Å². The molecule has 0 bridgehead atoms. The van der Waals surface area contributed by atoms with Gasteiger partial charge in [0.1, 0.15) is 10.2 Å². The van der Waals surface area contributed by atoms with Crippen LogP contribution in [-0.2, 0) is 10.3 Å². The molecule has 1 aromatic carbocycles. The number of hydrogen-bond donors (Lipinski definition) is 2. The summed E-state index contributed by atoms with van der Waals surface area (Å²) in [6, 6.07) is 9.73. The van der Waals surface area contributed by atoms with E-state index in [-0.39, 0.29) is 9.82 Å². The Morgan fingerprint density at radius 2 is 2.07 bits per heavy atom. The van der Waals surface area contributed by atoms with Gasteiger partial charge in [0, 0.05) is 0 Å². The lowest BCUT2D eigenvalue weighted by Crippen LogP contribution is -2.40. The molecule has 1 aliphatic rings. The van der Waals surface area contributed by atoms with Crippen molar-refractivity contribution in [3.05, 3.63) is 35.9 Å². The molecule has 2 rings (SSSR count). The Kier molecular flexibility index (Phi) is 2.60. The first-order chi connectivity index (χ1) is 6.63. The summed E-state index contributed by atoms with van der Waals surface area (Å²) in [6.07, 6.45) is 0. The topological polar surface area (TPSA) is 29.1 Å². The molecular formula is C10H11NOS2. The van der Waals surface area contributed by atoms with Crippen molar-refractivity contribution in [2.75, 3.05) is 0 Å². The summed E-state index contributed by atoms with van der Waals surface area (Å²) in [6.45, 7) is 1.90. The van der Waals surface area contributed by atoms with E-state index < -0.39 is 5.54 Å². The predicted molar refractivity (Wildman–Crippen MR) is 62.3 cm³/mol. The molecule has 4 heteroatoms. The second kappa shape index (κ2) is 3.61. The normalized spacial score (nSPS) is 32.1. The number of thioether (sulfide) groups is 1. The van der Waals surface area contributed by atoms with Gasteiger partial charge >= 0.3 is 0 Å². The van der Waals surface area contributed by atoms with Gasteiger partial charge in [0.25, 0.3) is 0 Å². The Balaban J connectivity index is 2.38. The molecule has 14 heavy (non-hydrogen) atoms. The Bertz CT molecular complexity index is 354. The highest BCUT2D eigenvalue weighted by Gasteiger charge is 2.43. The van der Waals surface area contributed by atoms with Gasteiger partial charge < -0.3 is 0 Å². The van der Waals surface area contributed by atoms with Gasteiger partial charge in [-0.05, 0) is 12.5 Å². The lowest BCUT2D eigenvalue weighted by Gasteiger charge is -2.22. The molecule has 1 aromatic rings. The van der Waals surface area contributed by atoms with Crippen LogP contribution in [0.25, 0.3) is 0 Å². The molecule has 74 valence electrons. The van der Waals surface area contributed by atoms with Crippen molar-refractivity contribution in [2.24, 2.45) is 0 Å². The third-order valence-corrected chi connectivity index (χ3v) is 3.80. The van der Waals surface area contributed by atoms with Gasteiger partial charge in [-0.1, -0.05) is 42.1 Å². The number of hydrogen-bond acceptors (Lipinski definition) is 4. The molecule has 1 saturated heterocycles. The molecule has 1 heterocycles. The van der Waals surface area contributed by atoms with Crippen LogP contribution in [0.5, 0.6) is 0 Å². The van der Waals surface area contributed by atoms with Gasteiger partial charge in [-0.3, -0.25) is 10.1 Å². The zero-order valence-electron chi connectivity index (χ0n) is 7.73. The summed E-state index contributed by atoms with van der Waals surface area (Å²) < 4.78 is -0.104. The fraction of sp³-hybridized carbons (Fsp3) is 0.300. The predicted octanol–water partition coefficient (Wildman–Crippen LogP) is 1.98. The minimum atomic E-state index is -0.585. The van der Waals surface area contributed by atoms with E-state index in [1.54, 1.807) is 0 Å². The summed E-state index contributed by atoms with van der Waals surface area (Å²) in [5, 5.41) is 3.30. The highest BCUT2D eigenvalue weighted by atomic mass is 32.2. The molecule has 1 aliphatic heterocycles. The summed E-state index contributed by atoms with van der Waals surface area (Å²) in [5.74, 6) is 0. The van der Waals surface area contributed by atoms with E-state index in [1.165, 1.54) is 11.8 Å². The van der Waals surface area contributed by atoms with Crippen molar-refractivity contribution in [1.82, 2.24) is 5.32 Å². The summed E-state index contributed by atoms with van der Waals surface area (Å²) >= 11 is 5.48. The van der Waals surface area contributed by atoms with Crippen LogP contribution in [0.15, 0.2) is 30.3 Å². The number of benzene rings is 1. The van der Waals surface area contributed by atoms with Crippen molar-refractivity contribution in [2.45, 2.75) is 17.2 Å². The summed E-state index contributed by atoms with van der Waals surface area (Å²) in [4.78, 5) is 11.8. The molecule has 0 spiro atoms. The van der Waals surface area contributed by atoms with Crippen LogP contribution >= 0.6 is 24.4 Å². The van der Waals surface area contributed by atoms with Crippen molar-refractivity contribution < 1.29 is 4.79 Å². The van der Waals surface area contributed by atoms with E-state index in [0.29, 0.717) is 0 Å². The Morgan fingerprint density at radius 1 is 1.43 bits per heavy atom. The SMILES string of the molecule is CC1(c2ccccc2)NC(S)SC1=O. The monoisotopic (exact) mass is 225 g/mol. The average Bonchev–Trinajstić information content (AvgIpc) is 2.43. The Hall–Kier alpha value is -0.450. The van der Waals surface area contributed by atoms with E-state index in [1.807, 2.05) is 37.3 Å². The molecule has 0 saturated carbocycles. The van der Waals surface area contributed by atoms with E-state index in [9.17, 15) is 4.79 Å². The first-order valence-electron chi connectivity index (χ1n) is 4.35. The zero-order valence-corrected chi connectivity index (χ0v) is 9.44. The number of rotatable bonds is 1. The number of carbonyl (C=O) groups excluding carboxylic acids is 1. The lowest BCUT2D eigenvalue weighted by molar-refractivity contribution is -0.115. The van der Waals surface area contributed by atoms with Crippen LogP contribution in [0.4, 0.5) is 0 Å². The highest BCUT2D eigenvalue weighted by Crippen LogP contribution is 2.37. The Labute approximate surface area is 92.9 Å². The molecule has 0 amide bonds. The third kappa shape index (κ3) is 1.58. The first-order valence-corrected chi connectivity index (χ1v) is 5.75. The van der Waals surface area contributed by atoms with Crippen LogP contribution in [0.3, 0.4) is 0 Å². The largest absolute Gasteiger partial charge is 0.285 e. The molecule has 0 aromatic heterocycles. The van der Waals surface area contributed by atoms with Crippen molar-refractivity contribution in [1.29, 1.82) is 0 Å². The van der Waals surface area contributed by atoms with Gasteiger partial charge in [0.2, 0.25) is 5.12 Å². The standard InChI is InChI=1S/C10H11NOS2/c1-10(7-5-3-2-4-6-7)8(12)14-9(13)11-10/h2-6,9,11,13H,1H3. The molecular weight excluding hydrogens is 214 g/mol. The molecule has 2 nitrogen and oxygen atoms in total. The van der Waals surface area contributed by atoms with Crippen molar-refractivity contribution in [3.8, 4) is 0 Å². The number of carbonyl (C=O) groups is 1. The minimum absolute atomic E-state index is 0.104. The molecule has 0 aliphatic carbocycles. The Morgan fingerprint density at radius 3 is 2.57 bits per heavy atom. The smallest absolute Gasteiger partial charge is 0.215 e. The fourth-order valence-electron chi connectivity index (χ4n) is 1.53. The maximum Gasteiger partial charge on any atom is 0.215 e. The van der Waals surface area contributed by atoms with Crippen molar-refractivity contribution in [3.63, 3.8) is 0 Å². The summed E-state index contributed by atoms with van der Waals surface area (Å²) in [5.41, 5.74) is 0.410. The van der Waals surface area contributed by atoms with Gasteiger partial charge in [0.15, 0.2) is 0 Å². The zero-order chi connectivity index (χ0) is 10.2. The van der Waals surface area contributed by atoms with Crippen molar-refractivity contribution >= 4 is 29.5 Å². The summed E-state index contributed by atoms with van der Waals surface area (Å²) in [7, 11) is 0. The highest BCUT2D eigenvalue weighted by molar-refractivity contribution is 8.21. The minimum Gasteiger partial charge on any atom is -0.285 e. The van der Waals surface area contributed by atoms with E-state index >= 15 is 0 Å². The van der Waals surface area contributed by atoms with Crippen LogP contribution < -0.4 is 5.32 Å². The van der Waals surface area contributed by atoms with Crippen LogP contribution in [0.2, 0.25) is 0 Å². The average molecular weight is 225 g/mol. The molecule has 2 atom stereocenters. The fourth-order valence-corrected chi connectivity index (χ4v) is 2.98. The van der Waals surface area contributed by atoms with E-state index in [0.717, 1.165) is 5.56 Å². The van der Waals surface area contributed by atoms with Gasteiger partial charge in [-0.25, -0.2) is 0 Å². The molecule has 1 N–H and O–H groups in total. The van der Waals surface area contributed by atoms with E-state index in [2.05, 4.69) is 17.9 Å². The maximum atomic E-state index is 11.8. The molecule has 1 fully saturated rings. The number of thiol groups is 1. The van der Waals surface area contributed by atoms with E-state index in [4.69, 9.17) is 0 Å². The van der Waals surface area contributed by atoms with Gasteiger partial charge in [-0.15, -0.1) is 12.6 Å². The quantitative estimate of drug-likeness (QED) is 0.716. The third-order valence-electron chi connectivity index (χ3n) is 2.39. The van der Waals surface area contributed by atoms with Crippen LogP contribution in [0, 0.1) is 0 Å². The first kappa shape index (κ1) is 10.1. The second-order valence-electron chi connectivity index (χ2n) is 3.39. The molecule has 2 unspecified atom stereocenters. The maximum absolute atomic E-state index is 11.8.